The smallest absolute Gasteiger partial charge is 0.326 e. The molecule has 7 heteroatoms. The van der Waals surface area contributed by atoms with Gasteiger partial charge in [-0.3, -0.25) is 9.59 Å². The summed E-state index contributed by atoms with van der Waals surface area (Å²) in [6.45, 7) is 4.85. The summed E-state index contributed by atoms with van der Waals surface area (Å²) in [5.41, 5.74) is 5.45. The van der Waals surface area contributed by atoms with Crippen LogP contribution in [0.3, 0.4) is 0 Å². The van der Waals surface area contributed by atoms with Crippen molar-refractivity contribution in [2.75, 3.05) is 6.54 Å². The van der Waals surface area contributed by atoms with Gasteiger partial charge in [0.2, 0.25) is 5.91 Å². The van der Waals surface area contributed by atoms with Gasteiger partial charge in [-0.05, 0) is 70.4 Å². The molecule has 244 valence electrons. The van der Waals surface area contributed by atoms with E-state index in [4.69, 9.17) is 10.5 Å². The Hall–Kier alpha value is -2.15. The van der Waals surface area contributed by atoms with Crippen LogP contribution in [0.15, 0.2) is 24.3 Å². The zero-order valence-electron chi connectivity index (χ0n) is 27.1. The van der Waals surface area contributed by atoms with Crippen molar-refractivity contribution in [1.82, 2.24) is 5.32 Å². The molecule has 0 radical (unpaired) electrons. The van der Waals surface area contributed by atoms with Crippen LogP contribution < -0.4 is 11.1 Å². The summed E-state index contributed by atoms with van der Waals surface area (Å²) < 4.78 is 5.86. The molecule has 2 atom stereocenters. The van der Waals surface area contributed by atoms with Gasteiger partial charge in [0.25, 0.3) is 0 Å². The second-order valence-electron chi connectivity index (χ2n) is 11.6. The lowest BCUT2D eigenvalue weighted by atomic mass is 10.0. The molecule has 4 N–H and O–H groups in total. The van der Waals surface area contributed by atoms with Crippen molar-refractivity contribution in [3.05, 3.63) is 24.3 Å². The van der Waals surface area contributed by atoms with Gasteiger partial charge >= 0.3 is 11.9 Å². The maximum absolute atomic E-state index is 12.5. The predicted octanol–water partition coefficient (Wildman–Crippen LogP) is 8.55. The van der Waals surface area contributed by atoms with E-state index in [1.165, 1.54) is 51.4 Å². The van der Waals surface area contributed by atoms with E-state index in [9.17, 15) is 19.5 Å². The monoisotopic (exact) mass is 592 g/mol. The van der Waals surface area contributed by atoms with Crippen molar-refractivity contribution >= 4 is 17.8 Å². The van der Waals surface area contributed by atoms with Crippen LogP contribution in [0.2, 0.25) is 0 Å². The van der Waals surface area contributed by atoms with Crippen LogP contribution in [-0.4, -0.2) is 41.6 Å². The van der Waals surface area contributed by atoms with E-state index in [1.54, 1.807) is 0 Å². The van der Waals surface area contributed by atoms with E-state index in [2.05, 4.69) is 43.5 Å². The Kier molecular flexibility index (Phi) is 28.8. The maximum Gasteiger partial charge on any atom is 0.326 e. The normalized spacial score (nSPS) is 13.0. The van der Waals surface area contributed by atoms with Gasteiger partial charge in [-0.1, -0.05) is 109 Å². The Morgan fingerprint density at radius 2 is 1.31 bits per heavy atom. The number of hydrogen-bond donors (Lipinski definition) is 3. The molecule has 0 heterocycles. The van der Waals surface area contributed by atoms with Gasteiger partial charge in [0.15, 0.2) is 0 Å². The second-order valence-corrected chi connectivity index (χ2v) is 11.6. The quantitative estimate of drug-likeness (QED) is 0.0437. The van der Waals surface area contributed by atoms with Crippen LogP contribution in [0, 0.1) is 0 Å². The Bertz CT molecular complexity index is 722. The average Bonchev–Trinajstić information content (AvgIpc) is 2.97. The largest absolute Gasteiger partial charge is 0.480 e. The molecular weight excluding hydrogens is 528 g/mol. The minimum atomic E-state index is -1.01. The summed E-state index contributed by atoms with van der Waals surface area (Å²) in [7, 11) is 0. The van der Waals surface area contributed by atoms with Crippen LogP contribution in [0.5, 0.6) is 0 Å². The number of carboxylic acid groups (broad SMARTS) is 1. The number of amides is 1. The topological polar surface area (TPSA) is 119 Å². The van der Waals surface area contributed by atoms with Crippen molar-refractivity contribution in [3.8, 4) is 0 Å². The van der Waals surface area contributed by atoms with E-state index >= 15 is 0 Å². The lowest BCUT2D eigenvalue weighted by Crippen LogP contribution is -2.40. The van der Waals surface area contributed by atoms with Gasteiger partial charge in [-0.2, -0.15) is 0 Å². The average molecular weight is 593 g/mol. The summed E-state index contributed by atoms with van der Waals surface area (Å²) >= 11 is 0. The third kappa shape index (κ3) is 26.7. The number of carbonyl (C=O) groups excluding carboxylic acids is 2. The number of unbranched alkanes of at least 4 members (excludes halogenated alkanes) is 14. The summed E-state index contributed by atoms with van der Waals surface area (Å²) in [6.07, 6.45) is 31.0. The fraction of sp³-hybridized carbons (Fsp3) is 0.800. The molecule has 0 bridgehead atoms. The highest BCUT2D eigenvalue weighted by molar-refractivity contribution is 5.83. The number of esters is 1. The standard InChI is InChI=1S/C35H64N2O5/c1-3-5-7-9-11-13-16-20-25-31(42-34(39)29-23-19-12-10-8-6-4-2)26-21-17-14-15-18-22-28-33(38)37-32(35(40)41)27-24-30-36/h11,13,20,25,31-32H,3-10,12,14-19,21-24,26-30,36H2,1-2H3,(H,37,38)(H,40,41)/b13-11-,25-20-. The van der Waals surface area contributed by atoms with Gasteiger partial charge in [0.1, 0.15) is 12.1 Å². The summed E-state index contributed by atoms with van der Waals surface area (Å²) in [5.74, 6) is -1.30. The first-order valence-corrected chi connectivity index (χ1v) is 17.2. The molecule has 0 fully saturated rings. The Morgan fingerprint density at radius 3 is 1.95 bits per heavy atom. The van der Waals surface area contributed by atoms with Crippen LogP contribution in [0.25, 0.3) is 0 Å². The number of rotatable bonds is 30. The number of aliphatic carboxylic acids is 1. The molecule has 0 aromatic rings. The molecule has 0 aliphatic heterocycles. The lowest BCUT2D eigenvalue weighted by Gasteiger charge is -2.15. The highest BCUT2D eigenvalue weighted by atomic mass is 16.5. The molecule has 0 aliphatic rings. The Morgan fingerprint density at radius 1 is 0.714 bits per heavy atom. The van der Waals surface area contributed by atoms with Crippen molar-refractivity contribution in [3.63, 3.8) is 0 Å². The third-order valence-electron chi connectivity index (χ3n) is 7.50. The number of ether oxygens (including phenoxy) is 1. The molecule has 0 aliphatic carbocycles. The number of nitrogens with one attached hydrogen (secondary N) is 1. The van der Waals surface area contributed by atoms with Gasteiger partial charge in [0, 0.05) is 12.8 Å². The Labute approximate surface area is 257 Å². The van der Waals surface area contributed by atoms with Crippen LogP contribution in [0.1, 0.15) is 162 Å². The first-order valence-electron chi connectivity index (χ1n) is 17.2. The maximum atomic E-state index is 12.5. The van der Waals surface area contributed by atoms with E-state index < -0.39 is 12.0 Å². The minimum absolute atomic E-state index is 0.0836. The molecule has 0 saturated heterocycles. The molecule has 2 unspecified atom stereocenters. The highest BCUT2D eigenvalue weighted by Crippen LogP contribution is 2.15. The van der Waals surface area contributed by atoms with E-state index in [0.29, 0.717) is 32.2 Å². The molecule has 7 nitrogen and oxygen atoms in total. The molecule has 0 saturated carbocycles. The lowest BCUT2D eigenvalue weighted by molar-refractivity contribution is -0.147. The minimum Gasteiger partial charge on any atom is -0.480 e. The van der Waals surface area contributed by atoms with Crippen LogP contribution in [-0.2, 0) is 19.1 Å². The molecule has 0 spiro atoms. The molecule has 42 heavy (non-hydrogen) atoms. The van der Waals surface area contributed by atoms with Crippen molar-refractivity contribution < 1.29 is 24.2 Å². The number of allylic oxidation sites excluding steroid dienone is 3. The predicted molar refractivity (Wildman–Crippen MR) is 174 cm³/mol. The van der Waals surface area contributed by atoms with E-state index in [1.807, 2.05) is 0 Å². The summed E-state index contributed by atoms with van der Waals surface area (Å²) in [4.78, 5) is 35.9. The number of hydrogen-bond acceptors (Lipinski definition) is 5. The van der Waals surface area contributed by atoms with Crippen LogP contribution >= 0.6 is 0 Å². The van der Waals surface area contributed by atoms with Crippen molar-refractivity contribution in [2.45, 2.75) is 174 Å². The van der Waals surface area contributed by atoms with Crippen molar-refractivity contribution in [1.29, 1.82) is 0 Å². The first kappa shape index (κ1) is 39.8. The number of nitrogens with two attached hydrogens (primary N) is 1. The first-order chi connectivity index (χ1) is 20.4. The van der Waals surface area contributed by atoms with Gasteiger partial charge < -0.3 is 20.9 Å². The molecule has 0 rings (SSSR count). The van der Waals surface area contributed by atoms with Gasteiger partial charge in [-0.15, -0.1) is 0 Å². The van der Waals surface area contributed by atoms with E-state index in [-0.39, 0.29) is 18.0 Å². The van der Waals surface area contributed by atoms with Gasteiger partial charge in [-0.25, -0.2) is 4.79 Å². The molecule has 0 aromatic carbocycles. The molecular formula is C35H64N2O5. The zero-order valence-corrected chi connectivity index (χ0v) is 27.1. The second kappa shape index (κ2) is 30.3. The summed E-state index contributed by atoms with van der Waals surface area (Å²) in [5, 5.41) is 11.8. The fourth-order valence-electron chi connectivity index (χ4n) is 4.87. The zero-order chi connectivity index (χ0) is 31.1. The van der Waals surface area contributed by atoms with Crippen molar-refractivity contribution in [2.24, 2.45) is 5.73 Å². The molecule has 0 aromatic heterocycles. The fourth-order valence-corrected chi connectivity index (χ4v) is 4.87. The number of carbonyl (C=O) groups is 3. The van der Waals surface area contributed by atoms with Crippen LogP contribution in [0.4, 0.5) is 0 Å². The van der Waals surface area contributed by atoms with E-state index in [0.717, 1.165) is 70.6 Å². The van der Waals surface area contributed by atoms with Gasteiger partial charge in [0.05, 0.1) is 0 Å². The highest BCUT2D eigenvalue weighted by Gasteiger charge is 2.18. The summed E-state index contributed by atoms with van der Waals surface area (Å²) in [6, 6.07) is -0.852. The Balaban J connectivity index is 4.33. The molecule has 1 amide bonds. The number of carboxylic acids is 1. The third-order valence-corrected chi connectivity index (χ3v) is 7.50. The SMILES string of the molecule is CCCCC/C=C\C/C=C\C(CCCCCCCCC(=O)NC(CCCN)C(=O)O)OC(=O)CCCCCCCCC.